The number of carbonyl (C=O) groups is 1. The van der Waals surface area contributed by atoms with E-state index in [0.29, 0.717) is 13.0 Å². The zero-order valence-electron chi connectivity index (χ0n) is 13.1. The molecule has 4 heteroatoms. The van der Waals surface area contributed by atoms with E-state index in [1.165, 1.54) is 0 Å². The van der Waals surface area contributed by atoms with Gasteiger partial charge in [0.2, 0.25) is 5.91 Å². The summed E-state index contributed by atoms with van der Waals surface area (Å²) in [7, 11) is 1.63. The first-order chi connectivity index (χ1) is 9.25. The number of nitrogen functional groups attached to an aromatic ring is 1. The molecule has 0 aliphatic carbocycles. The summed E-state index contributed by atoms with van der Waals surface area (Å²) in [6.07, 6.45) is 0.365. The van der Waals surface area contributed by atoms with Gasteiger partial charge in [-0.15, -0.1) is 0 Å². The molecule has 0 heterocycles. The Hall–Kier alpha value is -1.55. The zero-order valence-corrected chi connectivity index (χ0v) is 13.1. The van der Waals surface area contributed by atoms with Crippen LogP contribution >= 0.6 is 0 Å². The number of benzene rings is 1. The molecule has 0 aliphatic rings. The Morgan fingerprint density at radius 2 is 2.05 bits per heavy atom. The lowest BCUT2D eigenvalue weighted by Crippen LogP contribution is -2.40. The summed E-state index contributed by atoms with van der Waals surface area (Å²) in [6, 6.07) is 7.78. The van der Waals surface area contributed by atoms with Gasteiger partial charge in [0, 0.05) is 25.4 Å². The minimum absolute atomic E-state index is 0.0919. The fourth-order valence-corrected chi connectivity index (χ4v) is 1.98. The summed E-state index contributed by atoms with van der Waals surface area (Å²) in [6.45, 7) is 8.45. The van der Waals surface area contributed by atoms with E-state index in [2.05, 4.69) is 0 Å². The van der Waals surface area contributed by atoms with Gasteiger partial charge in [-0.1, -0.05) is 12.1 Å². The summed E-state index contributed by atoms with van der Waals surface area (Å²) in [5.74, 6) is 0.0919. The fraction of sp³-hybridized carbons (Fsp3) is 0.562. The third kappa shape index (κ3) is 4.85. The number of methoxy groups -OCH3 is 1. The van der Waals surface area contributed by atoms with Crippen LogP contribution in [0.3, 0.4) is 0 Å². The minimum Gasteiger partial charge on any atom is -0.399 e. The normalized spacial score (nSPS) is 11.7. The number of amides is 1. The smallest absolute Gasteiger partial charge is 0.225 e. The molecule has 1 rings (SSSR count). The van der Waals surface area contributed by atoms with Crippen molar-refractivity contribution in [2.75, 3.05) is 12.8 Å². The summed E-state index contributed by atoms with van der Waals surface area (Å²) < 4.78 is 5.34. The van der Waals surface area contributed by atoms with Crippen molar-refractivity contribution in [2.45, 2.75) is 52.3 Å². The Morgan fingerprint density at radius 1 is 1.40 bits per heavy atom. The number of carbonyl (C=O) groups excluding carboxylic acids is 1. The minimum atomic E-state index is -0.445. The summed E-state index contributed by atoms with van der Waals surface area (Å²) in [5, 5.41) is 0. The van der Waals surface area contributed by atoms with Crippen LogP contribution in [0.4, 0.5) is 5.69 Å². The monoisotopic (exact) mass is 278 g/mol. The number of nitrogens with zero attached hydrogens (tertiary/aromatic N) is 1. The van der Waals surface area contributed by atoms with Crippen molar-refractivity contribution >= 4 is 11.6 Å². The Morgan fingerprint density at radius 3 is 2.55 bits per heavy atom. The van der Waals surface area contributed by atoms with Crippen LogP contribution in [-0.2, 0) is 16.1 Å². The van der Waals surface area contributed by atoms with Gasteiger partial charge in [0.05, 0.1) is 12.0 Å². The van der Waals surface area contributed by atoms with E-state index in [1.54, 1.807) is 7.11 Å². The highest BCUT2D eigenvalue weighted by Gasteiger charge is 2.26. The van der Waals surface area contributed by atoms with Crippen molar-refractivity contribution < 1.29 is 9.53 Å². The van der Waals surface area contributed by atoms with Crippen molar-refractivity contribution in [3.8, 4) is 0 Å². The first-order valence-electron chi connectivity index (χ1n) is 6.94. The van der Waals surface area contributed by atoms with Crippen LogP contribution in [0, 0.1) is 0 Å². The number of ether oxygens (including phenoxy) is 1. The molecule has 0 spiro atoms. The summed E-state index contributed by atoms with van der Waals surface area (Å²) in [5.41, 5.74) is 7.10. The molecule has 0 unspecified atom stereocenters. The van der Waals surface area contributed by atoms with Gasteiger partial charge >= 0.3 is 0 Å². The Labute approximate surface area is 121 Å². The lowest BCUT2D eigenvalue weighted by molar-refractivity contribution is -0.138. The third-order valence-electron chi connectivity index (χ3n) is 3.38. The first-order valence-corrected chi connectivity index (χ1v) is 6.94. The Bertz CT molecular complexity index is 456. The maximum atomic E-state index is 12.5. The molecule has 0 fully saturated rings. The molecular weight excluding hydrogens is 252 g/mol. The molecule has 4 nitrogen and oxygen atoms in total. The lowest BCUT2D eigenvalue weighted by atomic mass is 10.0. The average molecular weight is 278 g/mol. The Balaban J connectivity index is 2.82. The molecule has 0 aliphatic heterocycles. The molecule has 0 saturated heterocycles. The van der Waals surface area contributed by atoms with Crippen LogP contribution in [0.2, 0.25) is 0 Å². The number of rotatable bonds is 6. The molecule has 112 valence electrons. The van der Waals surface area contributed by atoms with Gasteiger partial charge < -0.3 is 15.4 Å². The van der Waals surface area contributed by atoms with Gasteiger partial charge in [0.25, 0.3) is 0 Å². The predicted octanol–water partition coefficient (Wildman–Crippen LogP) is 2.82. The molecule has 2 N–H and O–H groups in total. The molecule has 1 amide bonds. The SMILES string of the molecule is COC(C)(C)CC(=O)N(Cc1cccc(N)c1)C(C)C. The molecule has 1 aromatic rings. The maximum Gasteiger partial charge on any atom is 0.225 e. The third-order valence-corrected chi connectivity index (χ3v) is 3.38. The largest absolute Gasteiger partial charge is 0.399 e. The van der Waals surface area contributed by atoms with Gasteiger partial charge in [0.15, 0.2) is 0 Å². The van der Waals surface area contributed by atoms with E-state index in [-0.39, 0.29) is 11.9 Å². The van der Waals surface area contributed by atoms with Crippen LogP contribution in [0.1, 0.15) is 39.7 Å². The summed E-state index contributed by atoms with van der Waals surface area (Å²) >= 11 is 0. The lowest BCUT2D eigenvalue weighted by Gasteiger charge is -2.31. The predicted molar refractivity (Wildman–Crippen MR) is 82.2 cm³/mol. The highest BCUT2D eigenvalue weighted by molar-refractivity contribution is 5.77. The topological polar surface area (TPSA) is 55.6 Å². The number of hydrogen-bond donors (Lipinski definition) is 1. The van der Waals surface area contributed by atoms with Gasteiger partial charge in [-0.3, -0.25) is 4.79 Å². The van der Waals surface area contributed by atoms with E-state index in [9.17, 15) is 4.79 Å². The van der Waals surface area contributed by atoms with E-state index in [1.807, 2.05) is 56.9 Å². The molecule has 0 saturated carbocycles. The molecule has 0 bridgehead atoms. The van der Waals surface area contributed by atoms with Gasteiger partial charge in [-0.25, -0.2) is 0 Å². The van der Waals surface area contributed by atoms with E-state index in [4.69, 9.17) is 10.5 Å². The van der Waals surface area contributed by atoms with Crippen molar-refractivity contribution in [1.82, 2.24) is 4.90 Å². The quantitative estimate of drug-likeness (QED) is 0.814. The number of hydrogen-bond acceptors (Lipinski definition) is 3. The number of anilines is 1. The van der Waals surface area contributed by atoms with Gasteiger partial charge in [-0.05, 0) is 45.4 Å². The standard InChI is InChI=1S/C16H26N2O2/c1-12(2)18(15(19)10-16(3,4)20-5)11-13-7-6-8-14(17)9-13/h6-9,12H,10-11,17H2,1-5H3. The molecule has 0 aromatic heterocycles. The van der Waals surface area contributed by atoms with Crippen LogP contribution < -0.4 is 5.73 Å². The summed E-state index contributed by atoms with van der Waals surface area (Å²) in [4.78, 5) is 14.3. The van der Waals surface area contributed by atoms with Gasteiger partial charge in [-0.2, -0.15) is 0 Å². The first kappa shape index (κ1) is 16.5. The molecular formula is C16H26N2O2. The molecule has 0 atom stereocenters. The zero-order chi connectivity index (χ0) is 15.3. The number of nitrogens with two attached hydrogens (primary N) is 1. The van der Waals surface area contributed by atoms with E-state index >= 15 is 0 Å². The molecule has 20 heavy (non-hydrogen) atoms. The average Bonchev–Trinajstić information content (AvgIpc) is 2.35. The second-order valence-electron chi connectivity index (χ2n) is 6.00. The van der Waals surface area contributed by atoms with Crippen LogP contribution in [0.5, 0.6) is 0 Å². The van der Waals surface area contributed by atoms with Crippen LogP contribution in [0.25, 0.3) is 0 Å². The van der Waals surface area contributed by atoms with Crippen LogP contribution in [0.15, 0.2) is 24.3 Å². The highest BCUT2D eigenvalue weighted by Crippen LogP contribution is 2.18. The van der Waals surface area contributed by atoms with Crippen molar-refractivity contribution in [3.05, 3.63) is 29.8 Å². The maximum absolute atomic E-state index is 12.5. The van der Waals surface area contributed by atoms with E-state index in [0.717, 1.165) is 11.3 Å². The van der Waals surface area contributed by atoms with Crippen molar-refractivity contribution in [2.24, 2.45) is 0 Å². The second kappa shape index (κ2) is 6.75. The fourth-order valence-electron chi connectivity index (χ4n) is 1.98. The van der Waals surface area contributed by atoms with E-state index < -0.39 is 5.60 Å². The van der Waals surface area contributed by atoms with Gasteiger partial charge in [0.1, 0.15) is 0 Å². The van der Waals surface area contributed by atoms with Crippen molar-refractivity contribution in [1.29, 1.82) is 0 Å². The Kier molecular flexibility index (Phi) is 5.57. The van der Waals surface area contributed by atoms with Crippen LogP contribution in [-0.4, -0.2) is 29.6 Å². The molecule has 0 radical (unpaired) electrons. The second-order valence-corrected chi connectivity index (χ2v) is 6.00. The molecule has 1 aromatic carbocycles. The van der Waals surface area contributed by atoms with Crippen molar-refractivity contribution in [3.63, 3.8) is 0 Å². The highest BCUT2D eigenvalue weighted by atomic mass is 16.5.